The van der Waals surface area contributed by atoms with Gasteiger partial charge < -0.3 is 10.1 Å². The SMILES string of the molecule is Cc1ccc(S(=O)(=O)Nc2ccc3c(c2)C(=O)Nc2cc(Cl)ccc2O3)s1. The summed E-state index contributed by atoms with van der Waals surface area (Å²) in [5, 5.41) is 3.18. The number of amides is 1. The number of rotatable bonds is 3. The Balaban J connectivity index is 1.68. The summed E-state index contributed by atoms with van der Waals surface area (Å²) in [4.78, 5) is 13.5. The molecule has 1 aliphatic rings. The van der Waals surface area contributed by atoms with Crippen LogP contribution in [0.2, 0.25) is 5.02 Å². The number of hydrogen-bond donors (Lipinski definition) is 2. The van der Waals surface area contributed by atoms with E-state index in [9.17, 15) is 13.2 Å². The van der Waals surface area contributed by atoms with Gasteiger partial charge in [-0.1, -0.05) is 11.6 Å². The summed E-state index contributed by atoms with van der Waals surface area (Å²) in [6, 6.07) is 12.7. The van der Waals surface area contributed by atoms with Crippen LogP contribution in [0.25, 0.3) is 0 Å². The number of nitrogens with one attached hydrogen (secondary N) is 2. The normalized spacial score (nSPS) is 13.0. The molecule has 2 heterocycles. The Morgan fingerprint density at radius 2 is 1.85 bits per heavy atom. The summed E-state index contributed by atoms with van der Waals surface area (Å²) < 4.78 is 33.5. The third-order valence-corrected chi connectivity index (χ3v) is 6.98. The van der Waals surface area contributed by atoms with Gasteiger partial charge in [-0.3, -0.25) is 9.52 Å². The van der Waals surface area contributed by atoms with E-state index >= 15 is 0 Å². The van der Waals surface area contributed by atoms with Crippen molar-refractivity contribution >= 4 is 50.2 Å². The number of aryl methyl sites for hydroxylation is 1. The molecule has 0 fully saturated rings. The minimum absolute atomic E-state index is 0.206. The van der Waals surface area contributed by atoms with Gasteiger partial charge in [0.1, 0.15) is 9.96 Å². The molecule has 1 aliphatic heterocycles. The number of thiophene rings is 1. The number of carbonyl (C=O) groups excluding carboxylic acids is 1. The molecule has 3 aromatic rings. The van der Waals surface area contributed by atoms with Gasteiger partial charge in [-0.15, -0.1) is 11.3 Å². The summed E-state index contributed by atoms with van der Waals surface area (Å²) in [6.45, 7) is 1.83. The fourth-order valence-corrected chi connectivity index (χ4v) is 5.12. The molecule has 1 aromatic heterocycles. The molecule has 0 bridgehead atoms. The van der Waals surface area contributed by atoms with Crippen molar-refractivity contribution in [2.75, 3.05) is 10.0 Å². The van der Waals surface area contributed by atoms with Gasteiger partial charge in [0, 0.05) is 15.6 Å². The lowest BCUT2D eigenvalue weighted by Crippen LogP contribution is -2.14. The monoisotopic (exact) mass is 420 g/mol. The third kappa shape index (κ3) is 3.51. The molecule has 0 radical (unpaired) electrons. The summed E-state index contributed by atoms with van der Waals surface area (Å²) in [7, 11) is -3.73. The number of hydrogen-bond acceptors (Lipinski definition) is 5. The third-order valence-electron chi connectivity index (χ3n) is 3.87. The Hall–Kier alpha value is -2.55. The van der Waals surface area contributed by atoms with Crippen LogP contribution in [0.15, 0.2) is 52.7 Å². The number of halogens is 1. The molecule has 6 nitrogen and oxygen atoms in total. The van der Waals surface area contributed by atoms with Gasteiger partial charge in [0.2, 0.25) is 0 Å². The van der Waals surface area contributed by atoms with E-state index in [4.69, 9.17) is 16.3 Å². The van der Waals surface area contributed by atoms with Crippen LogP contribution in [-0.4, -0.2) is 14.3 Å². The fraction of sp³-hybridized carbons (Fsp3) is 0.0556. The van der Waals surface area contributed by atoms with Gasteiger partial charge in [0.25, 0.3) is 15.9 Å². The molecule has 27 heavy (non-hydrogen) atoms. The minimum Gasteiger partial charge on any atom is -0.454 e. The van der Waals surface area contributed by atoms with E-state index in [1.165, 1.54) is 17.4 Å². The largest absolute Gasteiger partial charge is 0.454 e. The number of sulfonamides is 1. The van der Waals surface area contributed by atoms with Crippen LogP contribution in [0.4, 0.5) is 11.4 Å². The van der Waals surface area contributed by atoms with E-state index in [0.29, 0.717) is 22.2 Å². The molecule has 2 N–H and O–H groups in total. The van der Waals surface area contributed by atoms with Crippen molar-refractivity contribution in [3.63, 3.8) is 0 Å². The lowest BCUT2D eigenvalue weighted by molar-refractivity contribution is 0.102. The maximum absolute atomic E-state index is 12.6. The van der Waals surface area contributed by atoms with Crippen molar-refractivity contribution in [2.24, 2.45) is 0 Å². The first-order valence-corrected chi connectivity index (χ1v) is 10.5. The van der Waals surface area contributed by atoms with E-state index < -0.39 is 15.9 Å². The Morgan fingerprint density at radius 3 is 2.59 bits per heavy atom. The Bertz CT molecular complexity index is 1170. The number of carbonyl (C=O) groups is 1. The van der Waals surface area contributed by atoms with Gasteiger partial charge in [0.15, 0.2) is 5.75 Å². The summed E-state index contributed by atoms with van der Waals surface area (Å²) in [6.07, 6.45) is 0. The van der Waals surface area contributed by atoms with E-state index in [0.717, 1.165) is 4.88 Å². The molecule has 0 saturated heterocycles. The van der Waals surface area contributed by atoms with Crippen LogP contribution in [0.1, 0.15) is 15.2 Å². The van der Waals surface area contributed by atoms with E-state index in [2.05, 4.69) is 10.0 Å². The molecular weight excluding hydrogens is 408 g/mol. The standard InChI is InChI=1S/C18H13ClN2O4S2/c1-10-2-7-17(26-10)27(23,24)21-12-4-6-15-13(9-12)18(22)20-14-8-11(19)3-5-16(14)25-15/h2-9,21H,1H3,(H,20,22). The first-order valence-electron chi connectivity index (χ1n) is 7.84. The van der Waals surface area contributed by atoms with Crippen molar-refractivity contribution in [3.8, 4) is 11.5 Å². The smallest absolute Gasteiger partial charge is 0.271 e. The van der Waals surface area contributed by atoms with Crippen molar-refractivity contribution in [3.05, 3.63) is 64.0 Å². The molecule has 2 aromatic carbocycles. The minimum atomic E-state index is -3.73. The maximum Gasteiger partial charge on any atom is 0.271 e. The van der Waals surface area contributed by atoms with Crippen LogP contribution < -0.4 is 14.8 Å². The van der Waals surface area contributed by atoms with Gasteiger partial charge >= 0.3 is 0 Å². The summed E-state index contributed by atoms with van der Waals surface area (Å²) >= 11 is 7.14. The Kier molecular flexibility index (Phi) is 4.33. The number of ether oxygens (including phenoxy) is 1. The molecule has 0 saturated carbocycles. The van der Waals surface area contributed by atoms with Crippen molar-refractivity contribution < 1.29 is 17.9 Å². The second kappa shape index (κ2) is 6.56. The molecule has 0 aliphatic carbocycles. The van der Waals surface area contributed by atoms with E-state index in [1.807, 2.05) is 6.92 Å². The zero-order valence-electron chi connectivity index (χ0n) is 13.9. The van der Waals surface area contributed by atoms with Crippen molar-refractivity contribution in [2.45, 2.75) is 11.1 Å². The predicted octanol–water partition coefficient (Wildman–Crippen LogP) is 4.87. The quantitative estimate of drug-likeness (QED) is 0.633. The van der Waals surface area contributed by atoms with Gasteiger partial charge in [0.05, 0.1) is 11.3 Å². The highest BCUT2D eigenvalue weighted by Gasteiger charge is 2.23. The predicted molar refractivity (Wildman–Crippen MR) is 106 cm³/mol. The first-order chi connectivity index (χ1) is 12.8. The number of fused-ring (bicyclic) bond motifs is 2. The molecule has 4 rings (SSSR count). The lowest BCUT2D eigenvalue weighted by Gasteiger charge is -2.10. The van der Waals surface area contributed by atoms with Crippen molar-refractivity contribution in [1.82, 2.24) is 0 Å². The second-order valence-corrected chi connectivity index (χ2v) is 9.51. The zero-order chi connectivity index (χ0) is 19.2. The summed E-state index contributed by atoms with van der Waals surface area (Å²) in [5.74, 6) is 0.358. The topological polar surface area (TPSA) is 84.5 Å². The highest BCUT2D eigenvalue weighted by molar-refractivity contribution is 7.94. The second-order valence-electron chi connectivity index (χ2n) is 5.88. The number of anilines is 2. The molecule has 0 spiro atoms. The van der Waals surface area contributed by atoms with Crippen LogP contribution in [-0.2, 0) is 10.0 Å². The summed E-state index contributed by atoms with van der Waals surface area (Å²) in [5.41, 5.74) is 0.923. The molecule has 9 heteroatoms. The fourth-order valence-electron chi connectivity index (χ4n) is 2.62. The van der Waals surface area contributed by atoms with Crippen LogP contribution in [0, 0.1) is 6.92 Å². The molecule has 0 atom stereocenters. The maximum atomic E-state index is 12.6. The molecule has 138 valence electrons. The molecule has 1 amide bonds. The molecular formula is C18H13ClN2O4S2. The Morgan fingerprint density at radius 1 is 1.07 bits per heavy atom. The average molecular weight is 421 g/mol. The van der Waals surface area contributed by atoms with Crippen LogP contribution in [0.3, 0.4) is 0 Å². The van der Waals surface area contributed by atoms with Gasteiger partial charge in [-0.25, -0.2) is 8.42 Å². The van der Waals surface area contributed by atoms with Crippen LogP contribution >= 0.6 is 22.9 Å². The lowest BCUT2D eigenvalue weighted by atomic mass is 10.1. The Labute approximate surface area is 164 Å². The van der Waals surface area contributed by atoms with Gasteiger partial charge in [-0.2, -0.15) is 0 Å². The van der Waals surface area contributed by atoms with Crippen LogP contribution in [0.5, 0.6) is 11.5 Å². The van der Waals surface area contributed by atoms with E-state index in [1.54, 1.807) is 42.5 Å². The highest BCUT2D eigenvalue weighted by Crippen LogP contribution is 2.38. The van der Waals surface area contributed by atoms with Gasteiger partial charge in [-0.05, 0) is 55.5 Å². The highest BCUT2D eigenvalue weighted by atomic mass is 35.5. The van der Waals surface area contributed by atoms with E-state index in [-0.39, 0.29) is 15.5 Å². The molecule has 0 unspecified atom stereocenters. The average Bonchev–Trinajstić information content (AvgIpc) is 3.00. The zero-order valence-corrected chi connectivity index (χ0v) is 16.3. The van der Waals surface area contributed by atoms with Crippen molar-refractivity contribution in [1.29, 1.82) is 0 Å². The number of benzene rings is 2. The first kappa shape index (κ1) is 17.8.